The average Bonchev–Trinajstić information content (AvgIpc) is 3.95. The Kier molecular flexibility index (Phi) is 10.7. The van der Waals surface area contributed by atoms with Crippen molar-refractivity contribution in [2.75, 3.05) is 9.80 Å². The molecule has 0 aliphatic heterocycles. The van der Waals surface area contributed by atoms with E-state index in [1.807, 2.05) is 11.3 Å². The highest BCUT2D eigenvalue weighted by Crippen LogP contribution is 2.58. The molecule has 12 aromatic rings. The number of rotatable bonds is 10. The van der Waals surface area contributed by atoms with Crippen LogP contribution in [-0.4, -0.2) is 0 Å². The van der Waals surface area contributed by atoms with Crippen molar-refractivity contribution in [3.8, 4) is 55.6 Å². The van der Waals surface area contributed by atoms with E-state index in [0.717, 1.165) is 28.4 Å². The second-order valence-electron chi connectivity index (χ2n) is 19.3. The van der Waals surface area contributed by atoms with E-state index in [0.29, 0.717) is 0 Å². The van der Waals surface area contributed by atoms with E-state index in [4.69, 9.17) is 0 Å². The van der Waals surface area contributed by atoms with Crippen molar-refractivity contribution >= 4 is 65.6 Å². The van der Waals surface area contributed by atoms with Crippen molar-refractivity contribution in [2.24, 2.45) is 0 Å². The second kappa shape index (κ2) is 17.9. The Hall–Kier alpha value is -8.76. The predicted octanol–water partition coefficient (Wildman–Crippen LogP) is 20.0. The molecule has 11 aromatic carbocycles. The lowest BCUT2D eigenvalue weighted by atomic mass is 9.81. The normalized spacial score (nSPS) is 12.4. The highest BCUT2D eigenvalue weighted by Gasteiger charge is 2.39. The van der Waals surface area contributed by atoms with Crippen LogP contribution in [0, 0.1) is 0 Å². The molecule has 2 nitrogen and oxygen atoms in total. The van der Waals surface area contributed by atoms with Crippen LogP contribution in [0.1, 0.15) is 25.0 Å². The maximum atomic E-state index is 2.52. The van der Waals surface area contributed by atoms with E-state index < -0.39 is 0 Å². The Morgan fingerprint density at radius 2 is 0.681 bits per heavy atom. The van der Waals surface area contributed by atoms with Gasteiger partial charge >= 0.3 is 0 Å². The lowest BCUT2D eigenvalue weighted by molar-refractivity contribution is 0.661. The summed E-state index contributed by atoms with van der Waals surface area (Å²) >= 11 is 1.92. The van der Waals surface area contributed by atoms with Crippen molar-refractivity contribution in [3.63, 3.8) is 0 Å². The van der Waals surface area contributed by atoms with Crippen molar-refractivity contribution in [1.82, 2.24) is 0 Å². The third kappa shape index (κ3) is 7.58. The van der Waals surface area contributed by atoms with Gasteiger partial charge in [0.2, 0.25) is 0 Å². The fourth-order valence-electron chi connectivity index (χ4n) is 11.0. The van der Waals surface area contributed by atoms with Gasteiger partial charge in [0.05, 0.1) is 5.69 Å². The summed E-state index contributed by atoms with van der Waals surface area (Å²) in [5.74, 6) is 0. The minimum Gasteiger partial charge on any atom is -0.310 e. The Morgan fingerprint density at radius 3 is 1.11 bits per heavy atom. The molecule has 0 saturated heterocycles. The summed E-state index contributed by atoms with van der Waals surface area (Å²) in [6.45, 7) is 4.84. The Balaban J connectivity index is 0.979. The fourth-order valence-corrected chi connectivity index (χ4v) is 12.3. The highest BCUT2D eigenvalue weighted by molar-refractivity contribution is 7.26. The number of nitrogens with zero attached hydrogens (tertiary/aromatic N) is 2. The lowest BCUT2D eigenvalue weighted by Crippen LogP contribution is -2.18. The molecule has 0 saturated carbocycles. The summed E-state index contributed by atoms with van der Waals surface area (Å²) < 4.78 is 2.60. The molecular weight excluding hydrogens is 889 g/mol. The highest BCUT2D eigenvalue weighted by atomic mass is 32.1. The van der Waals surface area contributed by atoms with Crippen molar-refractivity contribution in [3.05, 3.63) is 278 Å². The van der Waals surface area contributed by atoms with Crippen molar-refractivity contribution in [2.45, 2.75) is 19.3 Å². The van der Waals surface area contributed by atoms with E-state index in [2.05, 4.69) is 291 Å². The van der Waals surface area contributed by atoms with Gasteiger partial charge in [-0.3, -0.25) is 0 Å². The molecule has 0 bridgehead atoms. The van der Waals surface area contributed by atoms with Crippen LogP contribution < -0.4 is 9.80 Å². The topological polar surface area (TPSA) is 6.48 Å². The molecule has 3 heteroatoms. The van der Waals surface area contributed by atoms with Gasteiger partial charge in [-0.05, 0) is 134 Å². The lowest BCUT2D eigenvalue weighted by Gasteiger charge is -2.30. The maximum Gasteiger partial charge on any atom is 0.0558 e. The van der Waals surface area contributed by atoms with Crippen LogP contribution in [-0.2, 0) is 5.41 Å². The molecule has 0 fully saturated rings. The van der Waals surface area contributed by atoms with Crippen LogP contribution >= 0.6 is 11.3 Å². The zero-order valence-corrected chi connectivity index (χ0v) is 41.0. The smallest absolute Gasteiger partial charge is 0.0558 e. The summed E-state index contributed by atoms with van der Waals surface area (Å²) in [6, 6.07) is 97.6. The molecule has 72 heavy (non-hydrogen) atoms. The quantitative estimate of drug-likeness (QED) is 0.135. The first kappa shape index (κ1) is 43.3. The van der Waals surface area contributed by atoms with Gasteiger partial charge in [0.1, 0.15) is 0 Å². The van der Waals surface area contributed by atoms with Crippen LogP contribution in [0.2, 0.25) is 0 Å². The van der Waals surface area contributed by atoms with Gasteiger partial charge in [0.25, 0.3) is 0 Å². The first-order valence-electron chi connectivity index (χ1n) is 24.8. The molecule has 1 aliphatic carbocycles. The molecule has 0 atom stereocenters. The van der Waals surface area contributed by atoms with Gasteiger partial charge < -0.3 is 9.80 Å². The van der Waals surface area contributed by atoms with E-state index in [1.165, 1.54) is 92.6 Å². The van der Waals surface area contributed by atoms with Crippen LogP contribution in [0.25, 0.3) is 75.8 Å². The molecular formula is C69H50N2S. The SMILES string of the molecule is CC1(C)c2cc(N(c3ccc(-c4ccccc4)cc3)c3ccc(-c4ccccc4)cc3)ccc2-c2c1cc(N(c1ccc(-c3ccccc3)cc1)c1ccc(-c3ccccc3)cc1)c1c2sc2ccccc21. The number of hydrogen-bond acceptors (Lipinski definition) is 3. The molecule has 13 rings (SSSR count). The summed E-state index contributed by atoms with van der Waals surface area (Å²) in [4.78, 5) is 4.92. The van der Waals surface area contributed by atoms with Crippen LogP contribution in [0.15, 0.2) is 267 Å². The van der Waals surface area contributed by atoms with E-state index in [1.54, 1.807) is 0 Å². The summed E-state index contributed by atoms with van der Waals surface area (Å²) in [7, 11) is 0. The molecule has 0 unspecified atom stereocenters. The molecule has 0 amide bonds. The first-order valence-corrected chi connectivity index (χ1v) is 25.6. The van der Waals surface area contributed by atoms with Gasteiger partial charge in [0.15, 0.2) is 0 Å². The van der Waals surface area contributed by atoms with Crippen molar-refractivity contribution < 1.29 is 0 Å². The zero-order valence-electron chi connectivity index (χ0n) is 40.2. The predicted molar refractivity (Wildman–Crippen MR) is 308 cm³/mol. The number of hydrogen-bond donors (Lipinski definition) is 0. The van der Waals surface area contributed by atoms with E-state index in [-0.39, 0.29) is 5.41 Å². The number of fused-ring (bicyclic) bond motifs is 7. The minimum atomic E-state index is -0.334. The van der Waals surface area contributed by atoms with E-state index in [9.17, 15) is 0 Å². The number of benzene rings is 11. The number of thiophene rings is 1. The fraction of sp³-hybridized carbons (Fsp3) is 0.0435. The van der Waals surface area contributed by atoms with E-state index >= 15 is 0 Å². The number of anilines is 6. The van der Waals surface area contributed by atoms with Gasteiger partial charge in [-0.2, -0.15) is 0 Å². The molecule has 1 aliphatic rings. The van der Waals surface area contributed by atoms with Gasteiger partial charge in [-0.25, -0.2) is 0 Å². The largest absolute Gasteiger partial charge is 0.310 e. The third-order valence-corrected chi connectivity index (χ3v) is 15.9. The summed E-state index contributed by atoms with van der Waals surface area (Å²) in [5.41, 5.74) is 21.3. The van der Waals surface area contributed by atoms with Gasteiger partial charge in [0, 0.05) is 59.6 Å². The third-order valence-electron chi connectivity index (χ3n) is 14.7. The average molecular weight is 939 g/mol. The van der Waals surface area contributed by atoms with Crippen molar-refractivity contribution in [1.29, 1.82) is 0 Å². The first-order chi connectivity index (χ1) is 35.5. The molecule has 342 valence electrons. The minimum absolute atomic E-state index is 0.334. The zero-order chi connectivity index (χ0) is 48.2. The molecule has 0 N–H and O–H groups in total. The molecule has 0 spiro atoms. The van der Waals surface area contributed by atoms with Crippen LogP contribution in [0.3, 0.4) is 0 Å². The Morgan fingerprint density at radius 1 is 0.319 bits per heavy atom. The second-order valence-corrected chi connectivity index (χ2v) is 20.4. The van der Waals surface area contributed by atoms with Gasteiger partial charge in [-0.15, -0.1) is 11.3 Å². The Labute approximate surface area is 426 Å². The standard InChI is InChI=1S/C69H50N2S/c1-69(2)62-45-59(70(55-35-27-51(28-36-55)47-17-7-3-8-18-47)56-37-29-52(30-38-56)48-19-9-4-10-20-48)43-44-60(62)66-63(69)46-64(67-61-25-15-16-26-65(61)72-68(66)67)71(57-39-31-53(32-40-57)49-21-11-5-12-22-49)58-41-33-54(34-42-58)50-23-13-6-14-24-50/h3-46H,1-2H3. The Bertz CT molecular complexity index is 3720. The molecule has 1 aromatic heterocycles. The van der Waals surface area contributed by atoms with Crippen LogP contribution in [0.4, 0.5) is 34.1 Å². The molecule has 0 radical (unpaired) electrons. The monoisotopic (exact) mass is 938 g/mol. The maximum absolute atomic E-state index is 2.52. The summed E-state index contributed by atoms with van der Waals surface area (Å²) in [5, 5.41) is 2.55. The van der Waals surface area contributed by atoms with Gasteiger partial charge in [-0.1, -0.05) is 208 Å². The summed E-state index contributed by atoms with van der Waals surface area (Å²) in [6.07, 6.45) is 0. The van der Waals surface area contributed by atoms with Crippen LogP contribution in [0.5, 0.6) is 0 Å². The molecule has 1 heterocycles.